The highest BCUT2D eigenvalue weighted by Gasteiger charge is 2.14. The van der Waals surface area contributed by atoms with Gasteiger partial charge < -0.3 is 0 Å². The van der Waals surface area contributed by atoms with Crippen molar-refractivity contribution in [1.29, 1.82) is 0 Å². The van der Waals surface area contributed by atoms with Gasteiger partial charge >= 0.3 is 0 Å². The Balaban J connectivity index is 2.52. The first kappa shape index (κ1) is 9.91. The molecule has 6 nitrogen and oxygen atoms in total. The SMILES string of the molecule is CCc1c(C=O)nnn1-c1nnc(C)s1. The fourth-order valence-electron chi connectivity index (χ4n) is 1.26. The third-order valence-corrected chi connectivity index (χ3v) is 2.75. The highest BCUT2D eigenvalue weighted by molar-refractivity contribution is 7.13. The molecule has 2 aromatic heterocycles. The first-order valence-electron chi connectivity index (χ1n) is 4.46. The molecule has 7 heteroatoms. The van der Waals surface area contributed by atoms with E-state index in [0.717, 1.165) is 10.7 Å². The molecular formula is C8H9N5OS. The van der Waals surface area contributed by atoms with Gasteiger partial charge in [0.25, 0.3) is 0 Å². The van der Waals surface area contributed by atoms with Crippen molar-refractivity contribution in [3.05, 3.63) is 16.4 Å². The predicted octanol–water partition coefficient (Wildman–Crippen LogP) is 0.802. The molecule has 78 valence electrons. The molecule has 2 aromatic rings. The summed E-state index contributed by atoms with van der Waals surface area (Å²) >= 11 is 1.42. The van der Waals surface area contributed by atoms with Gasteiger partial charge in [-0.05, 0) is 13.3 Å². The van der Waals surface area contributed by atoms with E-state index in [2.05, 4.69) is 20.5 Å². The first-order valence-corrected chi connectivity index (χ1v) is 5.28. The molecule has 0 saturated heterocycles. The highest BCUT2D eigenvalue weighted by atomic mass is 32.1. The minimum absolute atomic E-state index is 0.366. The summed E-state index contributed by atoms with van der Waals surface area (Å²) in [6.45, 7) is 3.81. The van der Waals surface area contributed by atoms with Crippen LogP contribution < -0.4 is 0 Å². The molecule has 0 bridgehead atoms. The minimum atomic E-state index is 0.366. The van der Waals surface area contributed by atoms with Crippen LogP contribution in [0.15, 0.2) is 0 Å². The van der Waals surface area contributed by atoms with Gasteiger partial charge in [-0.2, -0.15) is 4.68 Å². The van der Waals surface area contributed by atoms with Gasteiger partial charge in [0.05, 0.1) is 5.69 Å². The zero-order valence-corrected chi connectivity index (χ0v) is 9.15. The lowest BCUT2D eigenvalue weighted by Gasteiger charge is -1.97. The number of nitrogens with zero attached hydrogens (tertiary/aromatic N) is 5. The number of hydrogen-bond donors (Lipinski definition) is 0. The van der Waals surface area contributed by atoms with Crippen LogP contribution >= 0.6 is 11.3 Å². The second kappa shape index (κ2) is 3.85. The zero-order chi connectivity index (χ0) is 10.8. The maximum Gasteiger partial charge on any atom is 0.234 e. The number of aldehydes is 1. The Morgan fingerprint density at radius 3 is 2.73 bits per heavy atom. The van der Waals surface area contributed by atoms with Gasteiger partial charge in [0.2, 0.25) is 5.13 Å². The minimum Gasteiger partial charge on any atom is -0.296 e. The van der Waals surface area contributed by atoms with Gasteiger partial charge in [-0.15, -0.1) is 15.3 Å². The number of carbonyl (C=O) groups excluding carboxylic acids is 1. The van der Waals surface area contributed by atoms with Crippen LogP contribution in [0.5, 0.6) is 0 Å². The van der Waals surface area contributed by atoms with E-state index in [9.17, 15) is 4.79 Å². The van der Waals surface area contributed by atoms with Crippen molar-refractivity contribution < 1.29 is 4.79 Å². The molecule has 0 atom stereocenters. The largest absolute Gasteiger partial charge is 0.296 e. The summed E-state index contributed by atoms with van der Waals surface area (Å²) in [7, 11) is 0. The lowest BCUT2D eigenvalue weighted by atomic mass is 10.3. The summed E-state index contributed by atoms with van der Waals surface area (Å²) in [4.78, 5) is 10.7. The van der Waals surface area contributed by atoms with E-state index in [-0.39, 0.29) is 0 Å². The van der Waals surface area contributed by atoms with Crippen molar-refractivity contribution in [2.45, 2.75) is 20.3 Å². The Morgan fingerprint density at radius 2 is 2.20 bits per heavy atom. The summed E-state index contributed by atoms with van der Waals surface area (Å²) in [5.74, 6) is 0. The number of aromatic nitrogens is 5. The lowest BCUT2D eigenvalue weighted by Crippen LogP contribution is -2.02. The molecule has 0 aliphatic rings. The van der Waals surface area contributed by atoms with Crippen molar-refractivity contribution in [3.8, 4) is 5.13 Å². The quantitative estimate of drug-likeness (QED) is 0.719. The molecule has 0 amide bonds. The molecule has 0 N–H and O–H groups in total. The summed E-state index contributed by atoms with van der Waals surface area (Å²) in [5.41, 5.74) is 1.13. The first-order chi connectivity index (χ1) is 7.26. The highest BCUT2D eigenvalue weighted by Crippen LogP contribution is 2.16. The van der Waals surface area contributed by atoms with E-state index in [4.69, 9.17) is 0 Å². The topological polar surface area (TPSA) is 73.6 Å². The summed E-state index contributed by atoms with van der Waals surface area (Å²) < 4.78 is 1.56. The van der Waals surface area contributed by atoms with Gasteiger partial charge in [-0.3, -0.25) is 4.79 Å². The molecule has 0 saturated carbocycles. The van der Waals surface area contributed by atoms with Crippen molar-refractivity contribution >= 4 is 17.6 Å². The van der Waals surface area contributed by atoms with Crippen molar-refractivity contribution in [3.63, 3.8) is 0 Å². The van der Waals surface area contributed by atoms with Crippen LogP contribution in [0.3, 0.4) is 0 Å². The van der Waals surface area contributed by atoms with Crippen LogP contribution in [0.4, 0.5) is 0 Å². The standard InChI is InChI=1S/C8H9N5OS/c1-3-7-6(4-14)10-12-13(7)8-11-9-5(2)15-8/h4H,3H2,1-2H3. The van der Waals surface area contributed by atoms with Crippen molar-refractivity contribution in [2.24, 2.45) is 0 Å². The zero-order valence-electron chi connectivity index (χ0n) is 8.34. The number of aryl methyl sites for hydroxylation is 1. The molecule has 2 heterocycles. The molecule has 0 aliphatic carbocycles. The molecule has 0 aliphatic heterocycles. The lowest BCUT2D eigenvalue weighted by molar-refractivity contribution is 0.111. The fraction of sp³-hybridized carbons (Fsp3) is 0.375. The number of rotatable bonds is 3. The average molecular weight is 223 g/mol. The molecule has 2 rings (SSSR count). The Hall–Kier alpha value is -1.63. The normalized spacial score (nSPS) is 10.5. The van der Waals surface area contributed by atoms with Crippen molar-refractivity contribution in [1.82, 2.24) is 25.2 Å². The van der Waals surface area contributed by atoms with Crippen LogP contribution in [0.1, 0.15) is 28.1 Å². The van der Waals surface area contributed by atoms with Crippen LogP contribution in [-0.2, 0) is 6.42 Å². The second-order valence-corrected chi connectivity index (χ2v) is 4.07. The van der Waals surface area contributed by atoms with Crippen LogP contribution in [0.2, 0.25) is 0 Å². The number of carbonyl (C=O) groups is 1. The van der Waals surface area contributed by atoms with Crippen LogP contribution in [0, 0.1) is 6.92 Å². The molecule has 15 heavy (non-hydrogen) atoms. The van der Waals surface area contributed by atoms with E-state index >= 15 is 0 Å². The van der Waals surface area contributed by atoms with Gasteiger partial charge in [-0.1, -0.05) is 23.5 Å². The monoisotopic (exact) mass is 223 g/mol. The molecule has 0 aromatic carbocycles. The summed E-state index contributed by atoms with van der Waals surface area (Å²) in [6, 6.07) is 0. The Bertz CT molecular complexity index is 489. The Labute approximate surface area is 90.0 Å². The number of hydrogen-bond acceptors (Lipinski definition) is 6. The van der Waals surface area contributed by atoms with Gasteiger partial charge in [0, 0.05) is 0 Å². The average Bonchev–Trinajstić information content (AvgIpc) is 2.82. The Morgan fingerprint density at radius 1 is 1.40 bits per heavy atom. The van der Waals surface area contributed by atoms with Crippen molar-refractivity contribution in [2.75, 3.05) is 0 Å². The third kappa shape index (κ3) is 1.65. The van der Waals surface area contributed by atoms with Crippen LogP contribution in [0.25, 0.3) is 5.13 Å². The molecule has 0 spiro atoms. The maximum atomic E-state index is 10.7. The molecule has 0 fully saturated rings. The fourth-order valence-corrected chi connectivity index (χ4v) is 1.92. The summed E-state index contributed by atoms with van der Waals surface area (Å²) in [6.07, 6.45) is 1.38. The van der Waals surface area contributed by atoms with Gasteiger partial charge in [0.1, 0.15) is 10.7 Å². The predicted molar refractivity (Wildman–Crippen MR) is 54.3 cm³/mol. The van der Waals surface area contributed by atoms with E-state index in [0.29, 0.717) is 23.5 Å². The Kier molecular flexibility index (Phi) is 2.55. The van der Waals surface area contributed by atoms with Gasteiger partial charge in [0.15, 0.2) is 6.29 Å². The van der Waals surface area contributed by atoms with E-state index in [1.54, 1.807) is 4.68 Å². The third-order valence-electron chi connectivity index (χ3n) is 1.94. The van der Waals surface area contributed by atoms with E-state index < -0.39 is 0 Å². The smallest absolute Gasteiger partial charge is 0.234 e. The molecule has 0 radical (unpaired) electrons. The summed E-state index contributed by atoms with van der Waals surface area (Å²) in [5, 5.41) is 17.0. The van der Waals surface area contributed by atoms with E-state index in [1.165, 1.54) is 11.3 Å². The maximum absolute atomic E-state index is 10.7. The molecular weight excluding hydrogens is 214 g/mol. The van der Waals surface area contributed by atoms with Gasteiger partial charge in [-0.25, -0.2) is 0 Å². The van der Waals surface area contributed by atoms with E-state index in [1.807, 2.05) is 13.8 Å². The van der Waals surface area contributed by atoms with Crippen LogP contribution in [-0.4, -0.2) is 31.5 Å². The molecule has 0 unspecified atom stereocenters. The second-order valence-electron chi connectivity index (χ2n) is 2.91.